The molecule has 29 heavy (non-hydrogen) atoms. The zero-order valence-corrected chi connectivity index (χ0v) is 17.2. The predicted molar refractivity (Wildman–Crippen MR) is 106 cm³/mol. The Kier molecular flexibility index (Phi) is 5.80. The normalized spacial score (nSPS) is 10.8. The maximum absolute atomic E-state index is 14.3. The van der Waals surface area contributed by atoms with E-state index in [1.807, 2.05) is 0 Å². The van der Waals surface area contributed by atoms with E-state index >= 15 is 0 Å². The Labute approximate surface area is 172 Å². The van der Waals surface area contributed by atoms with Crippen LogP contribution in [0, 0.1) is 12.7 Å². The molecule has 1 amide bonds. The van der Waals surface area contributed by atoms with Gasteiger partial charge in [-0.1, -0.05) is 0 Å². The lowest BCUT2D eigenvalue weighted by atomic mass is 10.1. The summed E-state index contributed by atoms with van der Waals surface area (Å²) in [5.41, 5.74) is 0.739. The number of carboxylic acid groups (broad SMARTS) is 1. The van der Waals surface area contributed by atoms with Crippen LogP contribution in [0.4, 0.5) is 9.18 Å². The highest BCUT2D eigenvalue weighted by Crippen LogP contribution is 2.36. The third-order valence-electron chi connectivity index (χ3n) is 3.81. The fourth-order valence-corrected chi connectivity index (χ4v) is 4.24. The van der Waals surface area contributed by atoms with Gasteiger partial charge < -0.3 is 19.8 Å². The van der Waals surface area contributed by atoms with Crippen LogP contribution in [0.15, 0.2) is 17.5 Å². The molecule has 0 bridgehead atoms. The average Bonchev–Trinajstić information content (AvgIpc) is 3.27. The Hall–Kier alpha value is -3.05. The fourth-order valence-electron chi connectivity index (χ4n) is 2.40. The molecule has 2 heterocycles. The first-order chi connectivity index (χ1) is 13.7. The smallest absolute Gasteiger partial charge is 0.409 e. The van der Waals surface area contributed by atoms with Crippen LogP contribution in [0.2, 0.25) is 0 Å². The van der Waals surface area contributed by atoms with Crippen molar-refractivity contribution in [2.75, 3.05) is 14.1 Å². The van der Waals surface area contributed by atoms with Crippen molar-refractivity contribution in [3.8, 4) is 26.9 Å². The van der Waals surface area contributed by atoms with Gasteiger partial charge >= 0.3 is 12.1 Å². The van der Waals surface area contributed by atoms with Crippen molar-refractivity contribution >= 4 is 34.7 Å². The number of hydrogen-bond acceptors (Lipinski definition) is 8. The van der Waals surface area contributed by atoms with Gasteiger partial charge in [0.05, 0.1) is 16.3 Å². The van der Waals surface area contributed by atoms with Gasteiger partial charge in [-0.2, -0.15) is 0 Å². The van der Waals surface area contributed by atoms with E-state index < -0.39 is 29.2 Å². The molecule has 3 rings (SSSR count). The Morgan fingerprint density at radius 2 is 2.00 bits per heavy atom. The molecule has 0 aliphatic rings. The zero-order valence-electron chi connectivity index (χ0n) is 15.6. The predicted octanol–water partition coefficient (Wildman–Crippen LogP) is 3.98. The molecule has 0 aliphatic carbocycles. The maximum atomic E-state index is 14.3. The molecular weight excluding hydrogens is 421 g/mol. The molecule has 0 fully saturated rings. The summed E-state index contributed by atoms with van der Waals surface area (Å²) in [6.45, 7) is 1.81. The molecule has 8 nitrogen and oxygen atoms in total. The van der Waals surface area contributed by atoms with Crippen LogP contribution in [0.3, 0.4) is 0 Å². The highest BCUT2D eigenvalue weighted by atomic mass is 32.1. The third-order valence-corrected chi connectivity index (χ3v) is 5.84. The second-order valence-corrected chi connectivity index (χ2v) is 8.11. The van der Waals surface area contributed by atoms with Crippen molar-refractivity contribution in [3.05, 3.63) is 39.6 Å². The molecule has 0 radical (unpaired) electrons. The van der Waals surface area contributed by atoms with Crippen molar-refractivity contribution in [2.24, 2.45) is 0 Å². The number of halogens is 1. The number of carbonyl (C=O) groups is 2. The number of ether oxygens (including phenoxy) is 1. The first-order valence-corrected chi connectivity index (χ1v) is 9.89. The summed E-state index contributed by atoms with van der Waals surface area (Å²) < 4.78 is 19.5. The number of rotatable bonds is 5. The number of aromatic nitrogens is 2. The van der Waals surface area contributed by atoms with Gasteiger partial charge in [-0.3, -0.25) is 0 Å². The van der Waals surface area contributed by atoms with Crippen molar-refractivity contribution < 1.29 is 28.9 Å². The summed E-state index contributed by atoms with van der Waals surface area (Å²) in [4.78, 5) is 33.4. The number of hydrogen-bond donors (Lipinski definition) is 2. The van der Waals surface area contributed by atoms with Crippen LogP contribution in [-0.2, 0) is 11.3 Å². The standard InChI is InChI=1S/C18H16FN3O5S2/c1-8-15(29-14(20-8)6-27-18(26)22(2)3)12-7-28-16(21-12)9-5-13(23)10(17(24)25)4-11(9)19/h4-5,7,23H,6H2,1-3H3,(H,24,25). The number of aryl methyl sites for hydroxylation is 1. The molecule has 0 atom stereocenters. The number of phenols is 1. The van der Waals surface area contributed by atoms with Gasteiger partial charge in [0.25, 0.3) is 0 Å². The molecule has 0 aliphatic heterocycles. The molecule has 1 aromatic carbocycles. The number of carboxylic acids is 1. The highest BCUT2D eigenvalue weighted by Gasteiger charge is 2.20. The van der Waals surface area contributed by atoms with Crippen LogP contribution < -0.4 is 0 Å². The largest absolute Gasteiger partial charge is 0.507 e. The van der Waals surface area contributed by atoms with E-state index in [0.29, 0.717) is 16.4 Å². The fraction of sp³-hybridized carbons (Fsp3) is 0.222. The number of amides is 1. The Bertz CT molecular complexity index is 1090. The first-order valence-electron chi connectivity index (χ1n) is 8.19. The summed E-state index contributed by atoms with van der Waals surface area (Å²) in [5, 5.41) is 21.4. The minimum atomic E-state index is -1.42. The minimum Gasteiger partial charge on any atom is -0.507 e. The molecule has 0 spiro atoms. The number of benzene rings is 1. The second kappa shape index (κ2) is 8.13. The zero-order chi connectivity index (χ0) is 21.3. The van der Waals surface area contributed by atoms with E-state index in [0.717, 1.165) is 28.3 Å². The summed E-state index contributed by atoms with van der Waals surface area (Å²) in [5.74, 6) is -2.75. The molecule has 2 N–H and O–H groups in total. The first kappa shape index (κ1) is 20.7. The van der Waals surface area contributed by atoms with E-state index in [2.05, 4.69) is 9.97 Å². The Balaban J connectivity index is 1.86. The van der Waals surface area contributed by atoms with Gasteiger partial charge in [-0.25, -0.2) is 23.9 Å². The average molecular weight is 437 g/mol. The van der Waals surface area contributed by atoms with Crippen molar-refractivity contribution in [3.63, 3.8) is 0 Å². The molecule has 152 valence electrons. The van der Waals surface area contributed by atoms with E-state index in [-0.39, 0.29) is 17.2 Å². The van der Waals surface area contributed by atoms with Crippen LogP contribution >= 0.6 is 22.7 Å². The van der Waals surface area contributed by atoms with E-state index in [1.165, 1.54) is 16.2 Å². The van der Waals surface area contributed by atoms with Gasteiger partial charge in [-0.05, 0) is 19.1 Å². The van der Waals surface area contributed by atoms with Gasteiger partial charge in [0.1, 0.15) is 33.8 Å². The Morgan fingerprint density at radius 3 is 2.66 bits per heavy atom. The SMILES string of the molecule is Cc1nc(COC(=O)N(C)C)sc1-c1csc(-c2cc(O)c(C(=O)O)cc2F)n1. The van der Waals surface area contributed by atoms with Crippen LogP contribution in [0.25, 0.3) is 21.1 Å². The molecule has 0 unspecified atom stereocenters. The lowest BCUT2D eigenvalue weighted by molar-refractivity contribution is 0.0693. The summed E-state index contributed by atoms with van der Waals surface area (Å²) >= 11 is 2.46. The van der Waals surface area contributed by atoms with E-state index in [1.54, 1.807) is 26.4 Å². The summed E-state index contributed by atoms with van der Waals surface area (Å²) in [7, 11) is 3.16. The maximum Gasteiger partial charge on any atom is 0.409 e. The molecule has 2 aromatic heterocycles. The van der Waals surface area contributed by atoms with E-state index in [9.17, 15) is 19.1 Å². The number of aromatic hydroxyl groups is 1. The van der Waals surface area contributed by atoms with Crippen LogP contribution in [0.5, 0.6) is 5.75 Å². The van der Waals surface area contributed by atoms with Crippen molar-refractivity contribution in [1.82, 2.24) is 14.9 Å². The van der Waals surface area contributed by atoms with Gasteiger partial charge in [0, 0.05) is 25.0 Å². The molecule has 11 heteroatoms. The van der Waals surface area contributed by atoms with Crippen LogP contribution in [-0.4, -0.2) is 51.2 Å². The number of thiazole rings is 2. The van der Waals surface area contributed by atoms with Crippen LogP contribution in [0.1, 0.15) is 21.1 Å². The minimum absolute atomic E-state index is 0.00561. The number of aromatic carboxylic acids is 1. The number of nitrogens with zero attached hydrogens (tertiary/aromatic N) is 3. The van der Waals surface area contributed by atoms with Crippen molar-refractivity contribution in [1.29, 1.82) is 0 Å². The molecule has 0 saturated carbocycles. The molecule has 3 aromatic rings. The topological polar surface area (TPSA) is 113 Å². The highest BCUT2D eigenvalue weighted by molar-refractivity contribution is 7.16. The van der Waals surface area contributed by atoms with Gasteiger partial charge in [0.15, 0.2) is 0 Å². The molecule has 0 saturated heterocycles. The van der Waals surface area contributed by atoms with Gasteiger partial charge in [0.2, 0.25) is 0 Å². The summed E-state index contributed by atoms with van der Waals surface area (Å²) in [6.07, 6.45) is -0.476. The quantitative estimate of drug-likeness (QED) is 0.621. The van der Waals surface area contributed by atoms with Crippen molar-refractivity contribution in [2.45, 2.75) is 13.5 Å². The van der Waals surface area contributed by atoms with E-state index in [4.69, 9.17) is 9.84 Å². The molecular formula is C18H16FN3O5S2. The summed E-state index contributed by atoms with van der Waals surface area (Å²) in [6, 6.07) is 1.82. The second-order valence-electron chi connectivity index (χ2n) is 6.16. The lowest BCUT2D eigenvalue weighted by Crippen LogP contribution is -2.22. The number of carbonyl (C=O) groups excluding carboxylic acids is 1. The van der Waals surface area contributed by atoms with Gasteiger partial charge in [-0.15, -0.1) is 22.7 Å². The monoisotopic (exact) mass is 437 g/mol. The lowest BCUT2D eigenvalue weighted by Gasteiger charge is -2.09. The Morgan fingerprint density at radius 1 is 1.28 bits per heavy atom. The third kappa shape index (κ3) is 4.35.